The predicted octanol–water partition coefficient (Wildman–Crippen LogP) is 1.56. The van der Waals surface area contributed by atoms with Gasteiger partial charge in [0.15, 0.2) is 0 Å². The molecule has 1 atom stereocenters. The zero-order valence-electron chi connectivity index (χ0n) is 9.05. The topological polar surface area (TPSA) is 61.8 Å². The predicted molar refractivity (Wildman–Crippen MR) is 63.2 cm³/mol. The van der Waals surface area contributed by atoms with E-state index in [0.717, 1.165) is 13.1 Å². The lowest BCUT2D eigenvalue weighted by Gasteiger charge is -2.19. The molecule has 0 aliphatic heterocycles. The maximum atomic E-state index is 8.52. The van der Waals surface area contributed by atoms with Crippen LogP contribution in [0.4, 0.5) is 0 Å². The van der Waals surface area contributed by atoms with E-state index in [4.69, 9.17) is 10.9 Å². The molecule has 3 N–H and O–H groups in total. The zero-order chi connectivity index (χ0) is 11.3. The Morgan fingerprint density at radius 2 is 2.47 bits per heavy atom. The van der Waals surface area contributed by atoms with E-state index in [1.807, 2.05) is 20.0 Å². The molecule has 0 fully saturated rings. The summed E-state index contributed by atoms with van der Waals surface area (Å²) in [7, 11) is 2.03. The summed E-state index contributed by atoms with van der Waals surface area (Å²) in [5, 5.41) is 13.6. The lowest BCUT2D eigenvalue weighted by Crippen LogP contribution is -2.32. The van der Waals surface area contributed by atoms with E-state index >= 15 is 0 Å². The van der Waals surface area contributed by atoms with Gasteiger partial charge in [-0.2, -0.15) is 0 Å². The van der Waals surface area contributed by atoms with Gasteiger partial charge in [-0.25, -0.2) is 0 Å². The second-order valence-corrected chi connectivity index (χ2v) is 4.73. The average Bonchev–Trinajstić information content (AvgIpc) is 2.68. The minimum atomic E-state index is 0.0694. The summed E-state index contributed by atoms with van der Waals surface area (Å²) in [6.07, 6.45) is 0. The third kappa shape index (κ3) is 3.89. The van der Waals surface area contributed by atoms with Crippen LogP contribution in [0.2, 0.25) is 0 Å². The van der Waals surface area contributed by atoms with E-state index in [-0.39, 0.29) is 11.8 Å². The van der Waals surface area contributed by atoms with E-state index in [0.29, 0.717) is 0 Å². The molecule has 1 aromatic heterocycles. The fourth-order valence-electron chi connectivity index (χ4n) is 1.39. The molecular weight excluding hydrogens is 210 g/mol. The van der Waals surface area contributed by atoms with E-state index in [1.54, 1.807) is 11.3 Å². The zero-order valence-corrected chi connectivity index (χ0v) is 9.87. The summed E-state index contributed by atoms with van der Waals surface area (Å²) >= 11 is 1.74. The summed E-state index contributed by atoms with van der Waals surface area (Å²) in [6.45, 7) is 3.63. The van der Waals surface area contributed by atoms with Crippen LogP contribution in [0.1, 0.15) is 11.8 Å². The molecular formula is C10H17N3OS. The molecule has 1 aromatic rings. The fourth-order valence-corrected chi connectivity index (χ4v) is 2.18. The molecule has 0 aliphatic rings. The number of amidine groups is 1. The highest BCUT2D eigenvalue weighted by molar-refractivity contribution is 7.09. The molecule has 5 heteroatoms. The minimum Gasteiger partial charge on any atom is -0.409 e. The summed E-state index contributed by atoms with van der Waals surface area (Å²) in [5.41, 5.74) is 5.51. The van der Waals surface area contributed by atoms with Crippen LogP contribution < -0.4 is 5.73 Å². The fraction of sp³-hybridized carbons (Fsp3) is 0.500. The molecule has 0 bridgehead atoms. The summed E-state index contributed by atoms with van der Waals surface area (Å²) in [4.78, 5) is 3.48. The normalized spacial score (nSPS) is 14.5. The van der Waals surface area contributed by atoms with Crippen molar-refractivity contribution in [2.24, 2.45) is 16.8 Å². The number of nitrogens with zero attached hydrogens (tertiary/aromatic N) is 2. The van der Waals surface area contributed by atoms with Crippen LogP contribution in [0.15, 0.2) is 22.7 Å². The molecule has 0 spiro atoms. The van der Waals surface area contributed by atoms with Gasteiger partial charge in [0, 0.05) is 23.9 Å². The van der Waals surface area contributed by atoms with Gasteiger partial charge < -0.3 is 15.8 Å². The second kappa shape index (κ2) is 5.72. The van der Waals surface area contributed by atoms with Crippen molar-refractivity contribution in [3.63, 3.8) is 0 Å². The molecule has 15 heavy (non-hydrogen) atoms. The molecule has 1 unspecified atom stereocenters. The van der Waals surface area contributed by atoms with Gasteiger partial charge in [0.2, 0.25) is 0 Å². The van der Waals surface area contributed by atoms with Crippen molar-refractivity contribution < 1.29 is 5.21 Å². The summed E-state index contributed by atoms with van der Waals surface area (Å²) in [5.74, 6) is 0.355. The van der Waals surface area contributed by atoms with Gasteiger partial charge in [-0.05, 0) is 18.5 Å². The van der Waals surface area contributed by atoms with Crippen LogP contribution in [-0.2, 0) is 6.54 Å². The number of oxime groups is 1. The maximum Gasteiger partial charge on any atom is 0.143 e. The first kappa shape index (κ1) is 12.0. The van der Waals surface area contributed by atoms with Crippen molar-refractivity contribution in [1.29, 1.82) is 0 Å². The van der Waals surface area contributed by atoms with E-state index in [2.05, 4.69) is 21.5 Å². The molecule has 0 saturated heterocycles. The Balaban J connectivity index is 2.39. The molecule has 0 saturated carbocycles. The number of rotatable bonds is 5. The van der Waals surface area contributed by atoms with Crippen molar-refractivity contribution in [1.82, 2.24) is 4.90 Å². The first-order valence-electron chi connectivity index (χ1n) is 4.81. The number of nitrogens with two attached hydrogens (primary N) is 1. The lowest BCUT2D eigenvalue weighted by molar-refractivity contribution is 0.292. The molecule has 0 aliphatic carbocycles. The summed E-state index contributed by atoms with van der Waals surface area (Å²) in [6, 6.07) is 4.15. The minimum absolute atomic E-state index is 0.0694. The van der Waals surface area contributed by atoms with Crippen LogP contribution in [-0.4, -0.2) is 29.5 Å². The van der Waals surface area contributed by atoms with Gasteiger partial charge in [0.25, 0.3) is 0 Å². The Bertz CT molecular complexity index is 310. The van der Waals surface area contributed by atoms with E-state index in [1.165, 1.54) is 4.88 Å². The van der Waals surface area contributed by atoms with Gasteiger partial charge in [0.1, 0.15) is 5.84 Å². The van der Waals surface area contributed by atoms with Crippen LogP contribution in [0.3, 0.4) is 0 Å². The maximum absolute atomic E-state index is 8.52. The Morgan fingerprint density at radius 1 is 1.73 bits per heavy atom. The van der Waals surface area contributed by atoms with Gasteiger partial charge in [-0.1, -0.05) is 18.1 Å². The first-order valence-corrected chi connectivity index (χ1v) is 5.69. The highest BCUT2D eigenvalue weighted by Gasteiger charge is 2.11. The molecule has 1 rings (SSSR count). The van der Waals surface area contributed by atoms with Crippen molar-refractivity contribution in [3.8, 4) is 0 Å². The van der Waals surface area contributed by atoms with Crippen molar-refractivity contribution >= 4 is 17.2 Å². The second-order valence-electron chi connectivity index (χ2n) is 3.70. The molecule has 84 valence electrons. The SMILES string of the molecule is CC(CN(C)Cc1cccs1)/C(N)=N/O. The molecule has 0 radical (unpaired) electrons. The number of hydrogen-bond donors (Lipinski definition) is 2. The molecule has 0 amide bonds. The molecule has 0 aromatic carbocycles. The van der Waals surface area contributed by atoms with Crippen LogP contribution in [0.25, 0.3) is 0 Å². The van der Waals surface area contributed by atoms with Crippen molar-refractivity contribution in [3.05, 3.63) is 22.4 Å². The first-order chi connectivity index (χ1) is 7.13. The van der Waals surface area contributed by atoms with Crippen LogP contribution in [0.5, 0.6) is 0 Å². The van der Waals surface area contributed by atoms with Gasteiger partial charge >= 0.3 is 0 Å². The lowest BCUT2D eigenvalue weighted by atomic mass is 10.1. The highest BCUT2D eigenvalue weighted by Crippen LogP contribution is 2.11. The quantitative estimate of drug-likeness (QED) is 0.347. The third-order valence-corrected chi connectivity index (χ3v) is 3.07. The van der Waals surface area contributed by atoms with Gasteiger partial charge in [0.05, 0.1) is 0 Å². The van der Waals surface area contributed by atoms with Crippen LogP contribution >= 0.6 is 11.3 Å². The van der Waals surface area contributed by atoms with Crippen molar-refractivity contribution in [2.75, 3.05) is 13.6 Å². The van der Waals surface area contributed by atoms with E-state index in [9.17, 15) is 0 Å². The van der Waals surface area contributed by atoms with Gasteiger partial charge in [-0.15, -0.1) is 11.3 Å². The largest absolute Gasteiger partial charge is 0.409 e. The average molecular weight is 227 g/mol. The van der Waals surface area contributed by atoms with Crippen LogP contribution in [0, 0.1) is 5.92 Å². The smallest absolute Gasteiger partial charge is 0.143 e. The number of thiophene rings is 1. The number of hydrogen-bond acceptors (Lipinski definition) is 4. The van der Waals surface area contributed by atoms with Crippen molar-refractivity contribution in [2.45, 2.75) is 13.5 Å². The Labute approximate surface area is 94.0 Å². The highest BCUT2D eigenvalue weighted by atomic mass is 32.1. The Kier molecular flexibility index (Phi) is 4.58. The Hall–Kier alpha value is -1.07. The van der Waals surface area contributed by atoms with E-state index < -0.39 is 0 Å². The third-order valence-electron chi connectivity index (χ3n) is 2.21. The molecule has 1 heterocycles. The summed E-state index contributed by atoms with van der Waals surface area (Å²) < 4.78 is 0. The van der Waals surface area contributed by atoms with Gasteiger partial charge in [-0.3, -0.25) is 0 Å². The monoisotopic (exact) mass is 227 g/mol. The molecule has 4 nitrogen and oxygen atoms in total. The standard InChI is InChI=1S/C10H17N3OS/c1-8(10(11)12-14)6-13(2)7-9-4-3-5-15-9/h3-5,8,14H,6-7H2,1-2H3,(H2,11,12). The Morgan fingerprint density at radius 3 is 3.00 bits per heavy atom.